The highest BCUT2D eigenvalue weighted by Crippen LogP contribution is 2.40. The first-order chi connectivity index (χ1) is 9.72. The second-order valence-electron chi connectivity index (χ2n) is 5.13. The van der Waals surface area contributed by atoms with E-state index in [9.17, 15) is 0 Å². The molecule has 3 aromatic rings. The first-order valence-electron chi connectivity index (χ1n) is 6.66. The number of benzene rings is 2. The molecular weight excluding hydrogens is 246 g/mol. The maximum Gasteiger partial charge on any atom is 0.0892 e. The van der Waals surface area contributed by atoms with Crippen molar-refractivity contribution >= 4 is 33.2 Å². The molecule has 0 bridgehead atoms. The quantitative estimate of drug-likeness (QED) is 0.657. The van der Waals surface area contributed by atoms with Crippen molar-refractivity contribution in [3.05, 3.63) is 54.2 Å². The molecule has 2 heterocycles. The minimum Gasteiger partial charge on any atom is -0.353 e. The minimum atomic E-state index is 0.878. The van der Waals surface area contributed by atoms with Crippen LogP contribution in [0, 0.1) is 0 Å². The van der Waals surface area contributed by atoms with Crippen molar-refractivity contribution in [2.45, 2.75) is 0 Å². The Hall–Kier alpha value is -2.55. The van der Waals surface area contributed by atoms with Gasteiger partial charge in [0, 0.05) is 35.9 Å². The Morgan fingerprint density at radius 3 is 2.70 bits per heavy atom. The molecule has 98 valence electrons. The van der Waals surface area contributed by atoms with E-state index in [1.807, 2.05) is 7.05 Å². The second kappa shape index (κ2) is 3.73. The van der Waals surface area contributed by atoms with E-state index in [0.29, 0.717) is 0 Å². The van der Waals surface area contributed by atoms with Crippen molar-refractivity contribution in [1.29, 1.82) is 0 Å². The molecule has 3 nitrogen and oxygen atoms in total. The van der Waals surface area contributed by atoms with Gasteiger partial charge in [-0.05, 0) is 18.2 Å². The second-order valence-corrected chi connectivity index (χ2v) is 5.13. The number of aryl methyl sites for hydroxylation is 1. The van der Waals surface area contributed by atoms with E-state index in [1.165, 1.54) is 21.8 Å². The van der Waals surface area contributed by atoms with E-state index in [-0.39, 0.29) is 0 Å². The Bertz CT molecular complexity index is 913. The van der Waals surface area contributed by atoms with Crippen LogP contribution in [0.5, 0.6) is 0 Å². The summed E-state index contributed by atoms with van der Waals surface area (Å²) in [6.45, 7) is 4.07. The Morgan fingerprint density at radius 1 is 1.10 bits per heavy atom. The predicted octanol–water partition coefficient (Wildman–Crippen LogP) is 3.69. The van der Waals surface area contributed by atoms with Gasteiger partial charge in [-0.3, -0.25) is 4.99 Å². The molecule has 1 N–H and O–H groups in total. The van der Waals surface area contributed by atoms with Crippen molar-refractivity contribution in [3.63, 3.8) is 0 Å². The number of hydrogen-bond acceptors (Lipinski definition) is 2. The summed E-state index contributed by atoms with van der Waals surface area (Å²) in [5.41, 5.74) is 6.57. The number of para-hydroxylation sites is 1. The number of anilines is 1. The molecule has 0 spiro atoms. The number of fused-ring (bicyclic) bond motifs is 5. The third-order valence-corrected chi connectivity index (χ3v) is 4.12. The number of allylic oxidation sites excluding steroid dienone is 1. The van der Waals surface area contributed by atoms with E-state index >= 15 is 0 Å². The molecule has 0 unspecified atom stereocenters. The molecule has 0 amide bonds. The summed E-state index contributed by atoms with van der Waals surface area (Å²) in [4.78, 5) is 4.35. The van der Waals surface area contributed by atoms with Crippen molar-refractivity contribution in [1.82, 2.24) is 4.57 Å². The predicted molar refractivity (Wildman–Crippen MR) is 85.6 cm³/mol. The summed E-state index contributed by atoms with van der Waals surface area (Å²) < 4.78 is 2.23. The van der Waals surface area contributed by atoms with E-state index in [4.69, 9.17) is 0 Å². The number of aliphatic imine (C=N–C) groups is 1. The fourth-order valence-electron chi connectivity index (χ4n) is 3.21. The van der Waals surface area contributed by atoms with Gasteiger partial charge in [-0.15, -0.1) is 0 Å². The average molecular weight is 261 g/mol. The molecule has 0 saturated carbocycles. The first kappa shape index (κ1) is 11.3. The zero-order valence-electron chi connectivity index (χ0n) is 11.6. The number of hydrogen-bond donors (Lipinski definition) is 1. The summed E-state index contributed by atoms with van der Waals surface area (Å²) >= 11 is 0. The highest BCUT2D eigenvalue weighted by Gasteiger charge is 2.24. The fourth-order valence-corrected chi connectivity index (χ4v) is 3.21. The maximum absolute atomic E-state index is 4.35. The van der Waals surface area contributed by atoms with Crippen molar-refractivity contribution in [2.75, 3.05) is 12.4 Å². The van der Waals surface area contributed by atoms with Crippen LogP contribution in [0.25, 0.3) is 21.8 Å². The van der Waals surface area contributed by atoms with E-state index in [0.717, 1.165) is 22.7 Å². The molecule has 1 aliphatic rings. The molecule has 4 rings (SSSR count). The van der Waals surface area contributed by atoms with Gasteiger partial charge >= 0.3 is 0 Å². The Morgan fingerprint density at radius 2 is 1.90 bits per heavy atom. The molecule has 0 radical (unpaired) electrons. The van der Waals surface area contributed by atoms with Gasteiger partial charge in [-0.2, -0.15) is 0 Å². The molecule has 1 aliphatic heterocycles. The van der Waals surface area contributed by atoms with Crippen LogP contribution in [0.1, 0.15) is 5.56 Å². The lowest BCUT2D eigenvalue weighted by molar-refractivity contribution is 1.01. The highest BCUT2D eigenvalue weighted by molar-refractivity contribution is 6.28. The monoisotopic (exact) mass is 261 g/mol. The Kier molecular flexibility index (Phi) is 2.11. The molecule has 0 fully saturated rings. The first-order valence-corrected chi connectivity index (χ1v) is 6.66. The summed E-state index contributed by atoms with van der Waals surface area (Å²) in [5, 5.41) is 5.92. The van der Waals surface area contributed by atoms with Gasteiger partial charge in [0.1, 0.15) is 0 Å². The van der Waals surface area contributed by atoms with E-state index in [2.05, 4.69) is 64.9 Å². The number of nitrogens with zero attached hydrogens (tertiary/aromatic N) is 2. The van der Waals surface area contributed by atoms with Crippen LogP contribution in [0.2, 0.25) is 0 Å². The van der Waals surface area contributed by atoms with E-state index < -0.39 is 0 Å². The molecule has 0 atom stereocenters. The van der Waals surface area contributed by atoms with Crippen LogP contribution in [0.3, 0.4) is 0 Å². The SMILES string of the molecule is C=C1Nc2c(ccc3c2c2ccccc2n3C)C1=NC. The van der Waals surface area contributed by atoms with Crippen molar-refractivity contribution in [2.24, 2.45) is 12.0 Å². The molecule has 3 heteroatoms. The van der Waals surface area contributed by atoms with Crippen LogP contribution < -0.4 is 5.32 Å². The minimum absolute atomic E-state index is 0.878. The molecule has 2 aromatic carbocycles. The Balaban J connectivity index is 2.24. The van der Waals surface area contributed by atoms with Crippen LogP contribution >= 0.6 is 0 Å². The molecule has 1 aromatic heterocycles. The number of nitrogens with one attached hydrogen (secondary N) is 1. The van der Waals surface area contributed by atoms with Crippen LogP contribution in [-0.4, -0.2) is 17.3 Å². The van der Waals surface area contributed by atoms with Gasteiger partial charge in [0.25, 0.3) is 0 Å². The van der Waals surface area contributed by atoms with Gasteiger partial charge in [0.05, 0.1) is 22.6 Å². The third-order valence-electron chi connectivity index (χ3n) is 4.12. The van der Waals surface area contributed by atoms with Crippen molar-refractivity contribution < 1.29 is 0 Å². The lowest BCUT2D eigenvalue weighted by atomic mass is 10.1. The van der Waals surface area contributed by atoms with Gasteiger partial charge in [0.2, 0.25) is 0 Å². The summed E-state index contributed by atoms with van der Waals surface area (Å²) in [6.07, 6.45) is 0. The average Bonchev–Trinajstić information content (AvgIpc) is 2.94. The zero-order valence-corrected chi connectivity index (χ0v) is 11.6. The van der Waals surface area contributed by atoms with Gasteiger partial charge in [-0.25, -0.2) is 0 Å². The van der Waals surface area contributed by atoms with Gasteiger partial charge in [-0.1, -0.05) is 24.8 Å². The molecule has 0 aliphatic carbocycles. The number of aromatic nitrogens is 1. The van der Waals surface area contributed by atoms with Gasteiger partial charge < -0.3 is 9.88 Å². The molecular formula is C17H15N3. The highest BCUT2D eigenvalue weighted by atomic mass is 15.0. The summed E-state index contributed by atoms with van der Waals surface area (Å²) in [5.74, 6) is 0. The summed E-state index contributed by atoms with van der Waals surface area (Å²) in [6, 6.07) is 12.8. The topological polar surface area (TPSA) is 29.3 Å². The third kappa shape index (κ3) is 1.22. The smallest absolute Gasteiger partial charge is 0.0892 e. The Labute approximate surface area is 117 Å². The lowest BCUT2D eigenvalue weighted by Crippen LogP contribution is -1.99. The maximum atomic E-state index is 4.35. The van der Waals surface area contributed by atoms with Crippen LogP contribution in [0.15, 0.2) is 53.7 Å². The normalized spacial score (nSPS) is 16.1. The zero-order chi connectivity index (χ0) is 13.9. The van der Waals surface area contributed by atoms with Crippen LogP contribution in [0.4, 0.5) is 5.69 Å². The molecule has 20 heavy (non-hydrogen) atoms. The van der Waals surface area contributed by atoms with Crippen molar-refractivity contribution in [3.8, 4) is 0 Å². The summed E-state index contributed by atoms with van der Waals surface area (Å²) in [7, 11) is 3.92. The fraction of sp³-hybridized carbons (Fsp3) is 0.118. The lowest BCUT2D eigenvalue weighted by Gasteiger charge is -2.02. The van der Waals surface area contributed by atoms with E-state index in [1.54, 1.807) is 0 Å². The number of rotatable bonds is 0. The largest absolute Gasteiger partial charge is 0.353 e. The standard InChI is InChI=1S/C17H15N3/c1-10-16(18-2)12-8-9-14-15(17(12)19-10)11-6-4-5-7-13(11)20(14)3/h4-9,19H,1H2,2-3H3. The van der Waals surface area contributed by atoms with Crippen LogP contribution in [-0.2, 0) is 7.05 Å². The molecule has 0 saturated heterocycles. The van der Waals surface area contributed by atoms with Gasteiger partial charge in [0.15, 0.2) is 0 Å².